The summed E-state index contributed by atoms with van der Waals surface area (Å²) in [5.41, 5.74) is 1.04. The number of amides is 1. The van der Waals surface area contributed by atoms with Crippen LogP contribution in [0.3, 0.4) is 0 Å². The number of ether oxygens (including phenoxy) is 1. The summed E-state index contributed by atoms with van der Waals surface area (Å²) in [7, 11) is -0.600. The zero-order valence-corrected chi connectivity index (χ0v) is 18.9. The first-order chi connectivity index (χ1) is 12.7. The van der Waals surface area contributed by atoms with Crippen LogP contribution in [-0.4, -0.2) is 36.6 Å². The van der Waals surface area contributed by atoms with Gasteiger partial charge in [-0.15, -0.1) is 0 Å². The van der Waals surface area contributed by atoms with Gasteiger partial charge in [-0.05, 0) is 72.0 Å². The number of rotatable bonds is 4. The van der Waals surface area contributed by atoms with Crippen LogP contribution in [-0.2, 0) is 14.0 Å². The molecule has 1 N–H and O–H groups in total. The van der Waals surface area contributed by atoms with Gasteiger partial charge in [-0.3, -0.25) is 0 Å². The number of hydrogen-bond donors (Lipinski definition) is 1. The lowest BCUT2D eigenvalue weighted by Gasteiger charge is -2.32. The van der Waals surface area contributed by atoms with E-state index in [9.17, 15) is 4.79 Å². The highest BCUT2D eigenvalue weighted by molar-refractivity contribution is 6.56. The molecule has 28 heavy (non-hydrogen) atoms. The SMILES string of the molecule is Cc1cccc(C=C(CNC(=O)OC(C)(C)C)B2OC(C)(C)C(C)(C)O2)c1Cl. The Kier molecular flexibility index (Phi) is 6.59. The Balaban J connectivity index is 2.30. The molecule has 1 saturated heterocycles. The third kappa shape index (κ3) is 5.52. The summed E-state index contributed by atoms with van der Waals surface area (Å²) in [5, 5.41) is 3.45. The van der Waals surface area contributed by atoms with E-state index in [2.05, 4.69) is 5.32 Å². The Bertz CT molecular complexity index is 752. The predicted octanol–water partition coefficient (Wildman–Crippen LogP) is 5.19. The van der Waals surface area contributed by atoms with E-state index in [0.717, 1.165) is 16.6 Å². The normalized spacial score (nSPS) is 18.9. The first-order valence-corrected chi connectivity index (χ1v) is 9.88. The van der Waals surface area contributed by atoms with E-state index in [0.29, 0.717) is 5.02 Å². The van der Waals surface area contributed by atoms with Crippen LogP contribution in [0, 0.1) is 6.92 Å². The molecule has 1 heterocycles. The Morgan fingerprint density at radius 1 is 1.21 bits per heavy atom. The molecule has 1 aromatic rings. The summed E-state index contributed by atoms with van der Waals surface area (Å²) in [6, 6.07) is 5.82. The summed E-state index contributed by atoms with van der Waals surface area (Å²) >= 11 is 6.47. The summed E-state index contributed by atoms with van der Waals surface area (Å²) in [6.07, 6.45) is 1.42. The maximum atomic E-state index is 12.1. The topological polar surface area (TPSA) is 56.8 Å². The van der Waals surface area contributed by atoms with Crippen molar-refractivity contribution >= 4 is 30.9 Å². The van der Waals surface area contributed by atoms with Gasteiger partial charge in [0.15, 0.2) is 0 Å². The van der Waals surface area contributed by atoms with Crippen molar-refractivity contribution in [3.63, 3.8) is 0 Å². The highest BCUT2D eigenvalue weighted by Crippen LogP contribution is 2.39. The van der Waals surface area contributed by atoms with Crippen molar-refractivity contribution in [2.24, 2.45) is 0 Å². The van der Waals surface area contributed by atoms with Gasteiger partial charge in [0.05, 0.1) is 16.2 Å². The molecule has 1 aromatic carbocycles. The lowest BCUT2D eigenvalue weighted by Crippen LogP contribution is -2.41. The third-order valence-electron chi connectivity index (χ3n) is 4.95. The number of alkyl carbamates (subject to hydrolysis) is 1. The fourth-order valence-electron chi connectivity index (χ4n) is 2.67. The molecule has 0 unspecified atom stereocenters. The Labute approximate surface area is 173 Å². The number of aryl methyl sites for hydroxylation is 1. The fraction of sp³-hybridized carbons (Fsp3) is 0.571. The van der Waals surface area contributed by atoms with Crippen LogP contribution in [0.25, 0.3) is 6.08 Å². The van der Waals surface area contributed by atoms with Gasteiger partial charge in [-0.1, -0.05) is 35.9 Å². The third-order valence-corrected chi connectivity index (χ3v) is 5.47. The minimum absolute atomic E-state index is 0.218. The molecule has 0 aromatic heterocycles. The summed E-state index contributed by atoms with van der Waals surface area (Å²) in [6.45, 7) is 15.6. The van der Waals surface area contributed by atoms with Crippen molar-refractivity contribution in [3.8, 4) is 0 Å². The lowest BCUT2D eigenvalue weighted by molar-refractivity contribution is 0.00578. The molecule has 0 aliphatic carbocycles. The molecule has 1 fully saturated rings. The van der Waals surface area contributed by atoms with Gasteiger partial charge in [0.2, 0.25) is 0 Å². The number of halogens is 1. The molecule has 0 atom stereocenters. The van der Waals surface area contributed by atoms with Crippen LogP contribution in [0.15, 0.2) is 23.7 Å². The van der Waals surface area contributed by atoms with Crippen molar-refractivity contribution in [1.82, 2.24) is 5.32 Å². The van der Waals surface area contributed by atoms with Gasteiger partial charge in [0, 0.05) is 6.54 Å². The van der Waals surface area contributed by atoms with Crippen molar-refractivity contribution in [3.05, 3.63) is 39.8 Å². The van der Waals surface area contributed by atoms with Crippen molar-refractivity contribution in [2.75, 3.05) is 6.54 Å². The number of carbonyl (C=O) groups excluding carboxylic acids is 1. The van der Waals surface area contributed by atoms with Crippen LogP contribution in [0.4, 0.5) is 4.79 Å². The Morgan fingerprint density at radius 2 is 1.79 bits per heavy atom. The summed E-state index contributed by atoms with van der Waals surface area (Å²) < 4.78 is 17.7. The molecule has 1 aliphatic heterocycles. The highest BCUT2D eigenvalue weighted by atomic mass is 35.5. The van der Waals surface area contributed by atoms with E-state index >= 15 is 0 Å². The van der Waals surface area contributed by atoms with E-state index in [-0.39, 0.29) is 6.54 Å². The number of benzene rings is 1. The van der Waals surface area contributed by atoms with Crippen LogP contribution < -0.4 is 5.32 Å². The number of hydrogen-bond acceptors (Lipinski definition) is 4. The maximum Gasteiger partial charge on any atom is 0.492 e. The van der Waals surface area contributed by atoms with Crippen LogP contribution in [0.1, 0.15) is 59.6 Å². The smallest absolute Gasteiger partial charge is 0.444 e. The Morgan fingerprint density at radius 3 is 2.32 bits per heavy atom. The van der Waals surface area contributed by atoms with Gasteiger partial charge >= 0.3 is 13.2 Å². The molecule has 1 aliphatic rings. The van der Waals surface area contributed by atoms with E-state index in [4.69, 9.17) is 25.6 Å². The predicted molar refractivity (Wildman–Crippen MR) is 114 cm³/mol. The molecule has 0 radical (unpaired) electrons. The van der Waals surface area contributed by atoms with E-state index in [1.165, 1.54) is 0 Å². The average molecular weight is 408 g/mol. The van der Waals surface area contributed by atoms with Gasteiger partial charge < -0.3 is 19.4 Å². The van der Waals surface area contributed by atoms with E-state index in [1.54, 1.807) is 0 Å². The quantitative estimate of drug-likeness (QED) is 0.698. The van der Waals surface area contributed by atoms with Crippen molar-refractivity contribution < 1.29 is 18.8 Å². The second-order valence-corrected chi connectivity index (χ2v) is 9.52. The van der Waals surface area contributed by atoms with Gasteiger partial charge in [0.25, 0.3) is 0 Å². The minimum atomic E-state index is -0.600. The monoisotopic (exact) mass is 407 g/mol. The minimum Gasteiger partial charge on any atom is -0.444 e. The zero-order chi connectivity index (χ0) is 21.3. The van der Waals surface area contributed by atoms with Gasteiger partial charge in [0.1, 0.15) is 5.60 Å². The fourth-order valence-corrected chi connectivity index (χ4v) is 2.85. The average Bonchev–Trinajstić information content (AvgIpc) is 2.74. The first kappa shape index (κ1) is 22.8. The molecule has 0 bridgehead atoms. The lowest BCUT2D eigenvalue weighted by atomic mass is 9.77. The van der Waals surface area contributed by atoms with Crippen LogP contribution >= 0.6 is 11.6 Å². The summed E-state index contributed by atoms with van der Waals surface area (Å²) in [4.78, 5) is 12.1. The zero-order valence-electron chi connectivity index (χ0n) is 18.1. The highest BCUT2D eigenvalue weighted by Gasteiger charge is 2.52. The molecule has 7 heteroatoms. The van der Waals surface area contributed by atoms with Gasteiger partial charge in [-0.25, -0.2) is 4.79 Å². The first-order valence-electron chi connectivity index (χ1n) is 9.50. The molecular formula is C21H31BClNO4. The molecule has 0 saturated carbocycles. The van der Waals surface area contributed by atoms with E-state index in [1.807, 2.05) is 79.7 Å². The second kappa shape index (κ2) is 8.09. The Hall–Kier alpha value is -1.50. The second-order valence-electron chi connectivity index (χ2n) is 9.14. The number of carbonyl (C=O) groups is 1. The standard InChI is InChI=1S/C21H31BClNO4/c1-14-10-9-11-15(17(14)23)12-16(13-24-18(25)26-19(2,3)4)22-27-20(5,6)21(7,8)28-22/h9-12H,13H2,1-8H3,(H,24,25). The van der Waals surface area contributed by atoms with Crippen LogP contribution in [0.2, 0.25) is 5.02 Å². The van der Waals surface area contributed by atoms with Gasteiger partial charge in [-0.2, -0.15) is 0 Å². The maximum absolute atomic E-state index is 12.1. The number of nitrogens with one attached hydrogen (secondary N) is 1. The van der Waals surface area contributed by atoms with Crippen molar-refractivity contribution in [1.29, 1.82) is 0 Å². The largest absolute Gasteiger partial charge is 0.492 e. The molecule has 1 amide bonds. The van der Waals surface area contributed by atoms with Crippen LogP contribution in [0.5, 0.6) is 0 Å². The molecule has 0 spiro atoms. The van der Waals surface area contributed by atoms with E-state index < -0.39 is 30.0 Å². The van der Waals surface area contributed by atoms with Crippen molar-refractivity contribution in [2.45, 2.75) is 72.2 Å². The summed E-state index contributed by atoms with van der Waals surface area (Å²) in [5.74, 6) is 0. The molecule has 2 rings (SSSR count). The molecular weight excluding hydrogens is 376 g/mol. The molecule has 5 nitrogen and oxygen atoms in total. The molecule has 154 valence electrons.